The molecule has 0 atom stereocenters. The summed E-state index contributed by atoms with van der Waals surface area (Å²) in [4.78, 5) is 1.12. The molecule has 0 aliphatic heterocycles. The molecule has 4 heteroatoms. The molecule has 0 saturated heterocycles. The normalized spacial score (nSPS) is 10.8. The first-order chi connectivity index (χ1) is 10.8. The predicted octanol–water partition coefficient (Wildman–Crippen LogP) is 6.25. The Labute approximate surface area is 142 Å². The van der Waals surface area contributed by atoms with Crippen molar-refractivity contribution < 1.29 is 0 Å². The third kappa shape index (κ3) is 5.62. The molecular formula is C18H23ClN2S. The van der Waals surface area contributed by atoms with Gasteiger partial charge in [0, 0.05) is 10.5 Å². The van der Waals surface area contributed by atoms with E-state index >= 15 is 0 Å². The van der Waals surface area contributed by atoms with Crippen molar-refractivity contribution in [1.29, 1.82) is 0 Å². The van der Waals surface area contributed by atoms with Crippen molar-refractivity contribution in [2.75, 3.05) is 5.75 Å². The summed E-state index contributed by atoms with van der Waals surface area (Å²) < 4.78 is 0. The molecule has 0 aliphatic carbocycles. The Hall–Kier alpha value is -1.06. The molecule has 0 aliphatic rings. The molecule has 0 saturated carbocycles. The van der Waals surface area contributed by atoms with Gasteiger partial charge in [0.1, 0.15) is 5.69 Å². The maximum Gasteiger partial charge on any atom is 0.152 e. The Morgan fingerprint density at radius 3 is 2.45 bits per heavy atom. The summed E-state index contributed by atoms with van der Waals surface area (Å²) in [5.74, 6) is 1.11. The van der Waals surface area contributed by atoms with Crippen LogP contribution >= 0.6 is 23.4 Å². The molecule has 1 aromatic carbocycles. The molecule has 22 heavy (non-hydrogen) atoms. The van der Waals surface area contributed by atoms with Gasteiger partial charge in [0.2, 0.25) is 0 Å². The van der Waals surface area contributed by atoms with Crippen molar-refractivity contribution in [3.63, 3.8) is 0 Å². The highest BCUT2D eigenvalue weighted by Crippen LogP contribution is 2.31. The highest BCUT2D eigenvalue weighted by molar-refractivity contribution is 7.99. The molecule has 1 heterocycles. The van der Waals surface area contributed by atoms with Crippen LogP contribution in [0.5, 0.6) is 0 Å². The third-order valence-electron chi connectivity index (χ3n) is 3.53. The molecule has 2 rings (SSSR count). The first-order valence-corrected chi connectivity index (χ1v) is 9.39. The van der Waals surface area contributed by atoms with Crippen molar-refractivity contribution >= 4 is 23.4 Å². The maximum atomic E-state index is 6.01. The first-order valence-electron chi connectivity index (χ1n) is 8.02. The Kier molecular flexibility index (Phi) is 7.75. The van der Waals surface area contributed by atoms with Gasteiger partial charge in [0.15, 0.2) is 5.15 Å². The molecule has 118 valence electrons. The van der Waals surface area contributed by atoms with Gasteiger partial charge in [-0.05, 0) is 18.2 Å². The Balaban J connectivity index is 1.91. The van der Waals surface area contributed by atoms with Crippen LogP contribution in [0.4, 0.5) is 0 Å². The van der Waals surface area contributed by atoms with Crippen LogP contribution in [-0.2, 0) is 0 Å². The minimum atomic E-state index is 0.463. The summed E-state index contributed by atoms with van der Waals surface area (Å²) in [6, 6.07) is 12.1. The van der Waals surface area contributed by atoms with Crippen molar-refractivity contribution in [3.8, 4) is 11.3 Å². The fraction of sp³-hybridized carbons (Fsp3) is 0.444. The molecule has 0 spiro atoms. The fourth-order valence-electron chi connectivity index (χ4n) is 2.32. The van der Waals surface area contributed by atoms with E-state index in [2.05, 4.69) is 29.3 Å². The lowest BCUT2D eigenvalue weighted by Gasteiger charge is -2.08. The van der Waals surface area contributed by atoms with Gasteiger partial charge in [-0.25, -0.2) is 0 Å². The summed E-state index contributed by atoms with van der Waals surface area (Å²) in [6.45, 7) is 2.25. The Morgan fingerprint density at radius 2 is 1.68 bits per heavy atom. The SMILES string of the molecule is CCCCCCCCSc1cc(Cl)nnc1-c1ccccc1. The molecule has 0 radical (unpaired) electrons. The lowest BCUT2D eigenvalue weighted by molar-refractivity contribution is 0.627. The fourth-order valence-corrected chi connectivity index (χ4v) is 3.59. The van der Waals surface area contributed by atoms with E-state index in [4.69, 9.17) is 11.6 Å². The van der Waals surface area contributed by atoms with Gasteiger partial charge < -0.3 is 0 Å². The van der Waals surface area contributed by atoms with E-state index in [1.54, 1.807) is 0 Å². The second-order valence-corrected chi connectivity index (χ2v) is 6.89. The van der Waals surface area contributed by atoms with E-state index in [0.717, 1.165) is 21.9 Å². The monoisotopic (exact) mass is 334 g/mol. The molecule has 2 aromatic rings. The average molecular weight is 335 g/mol. The lowest BCUT2D eigenvalue weighted by Crippen LogP contribution is -1.92. The van der Waals surface area contributed by atoms with Gasteiger partial charge in [0.25, 0.3) is 0 Å². The minimum absolute atomic E-state index is 0.463. The van der Waals surface area contributed by atoms with Crippen molar-refractivity contribution in [2.45, 2.75) is 50.3 Å². The van der Waals surface area contributed by atoms with Gasteiger partial charge in [0.05, 0.1) is 0 Å². The van der Waals surface area contributed by atoms with Crippen LogP contribution in [0.2, 0.25) is 5.15 Å². The smallest absolute Gasteiger partial charge is 0.148 e. The van der Waals surface area contributed by atoms with Crippen LogP contribution in [0.3, 0.4) is 0 Å². The number of hydrogen-bond acceptors (Lipinski definition) is 3. The molecule has 2 nitrogen and oxygen atoms in total. The predicted molar refractivity (Wildman–Crippen MR) is 96.6 cm³/mol. The average Bonchev–Trinajstić information content (AvgIpc) is 2.55. The van der Waals surface area contributed by atoms with E-state index in [-0.39, 0.29) is 0 Å². The Morgan fingerprint density at radius 1 is 0.955 bits per heavy atom. The highest BCUT2D eigenvalue weighted by Gasteiger charge is 2.09. The zero-order chi connectivity index (χ0) is 15.6. The van der Waals surface area contributed by atoms with Crippen molar-refractivity contribution in [1.82, 2.24) is 10.2 Å². The van der Waals surface area contributed by atoms with Crippen LogP contribution in [0, 0.1) is 0 Å². The summed E-state index contributed by atoms with van der Waals surface area (Å²) >= 11 is 7.85. The second-order valence-electron chi connectivity index (χ2n) is 5.36. The maximum absolute atomic E-state index is 6.01. The van der Waals surface area contributed by atoms with E-state index in [9.17, 15) is 0 Å². The van der Waals surface area contributed by atoms with E-state index in [0.29, 0.717) is 5.15 Å². The van der Waals surface area contributed by atoms with Crippen molar-refractivity contribution in [3.05, 3.63) is 41.6 Å². The number of unbranched alkanes of at least 4 members (excludes halogenated alkanes) is 5. The summed E-state index contributed by atoms with van der Waals surface area (Å²) in [7, 11) is 0. The van der Waals surface area contributed by atoms with Gasteiger partial charge in [-0.3, -0.25) is 0 Å². The molecule has 0 amide bonds. The molecule has 0 bridgehead atoms. The van der Waals surface area contributed by atoms with Crippen LogP contribution in [0.1, 0.15) is 45.4 Å². The van der Waals surface area contributed by atoms with Crippen LogP contribution in [0.25, 0.3) is 11.3 Å². The van der Waals surface area contributed by atoms with Gasteiger partial charge >= 0.3 is 0 Å². The van der Waals surface area contributed by atoms with Crippen LogP contribution in [0.15, 0.2) is 41.3 Å². The first kappa shape index (κ1) is 17.3. The zero-order valence-corrected chi connectivity index (χ0v) is 14.7. The van der Waals surface area contributed by atoms with E-state index in [1.165, 1.54) is 38.5 Å². The number of rotatable bonds is 9. The topological polar surface area (TPSA) is 25.8 Å². The number of thioether (sulfide) groups is 1. The summed E-state index contributed by atoms with van der Waals surface area (Å²) in [5, 5.41) is 8.74. The third-order valence-corrected chi connectivity index (χ3v) is 4.83. The Bertz CT molecular complexity index is 560. The number of benzene rings is 1. The molecular weight excluding hydrogens is 312 g/mol. The minimum Gasteiger partial charge on any atom is -0.148 e. The standard InChI is InChI=1S/C18H23ClN2S/c1-2-3-4-5-6-10-13-22-16-14-17(19)20-21-18(16)15-11-8-7-9-12-15/h7-9,11-12,14H,2-6,10,13H2,1H3. The molecule has 0 N–H and O–H groups in total. The van der Waals surface area contributed by atoms with Gasteiger partial charge in [-0.15, -0.1) is 22.0 Å². The van der Waals surface area contributed by atoms with Gasteiger partial charge in [-0.2, -0.15) is 0 Å². The molecule has 0 fully saturated rings. The molecule has 0 unspecified atom stereocenters. The largest absolute Gasteiger partial charge is 0.152 e. The zero-order valence-electron chi connectivity index (χ0n) is 13.1. The number of aromatic nitrogens is 2. The second kappa shape index (κ2) is 9.86. The number of nitrogens with zero attached hydrogens (tertiary/aromatic N) is 2. The summed E-state index contributed by atoms with van der Waals surface area (Å²) in [5.41, 5.74) is 2.03. The van der Waals surface area contributed by atoms with E-state index in [1.807, 2.05) is 36.0 Å². The van der Waals surface area contributed by atoms with Crippen molar-refractivity contribution in [2.24, 2.45) is 0 Å². The van der Waals surface area contributed by atoms with Gasteiger partial charge in [-0.1, -0.05) is 81.0 Å². The number of halogens is 1. The van der Waals surface area contributed by atoms with Crippen LogP contribution in [-0.4, -0.2) is 16.0 Å². The quantitative estimate of drug-likeness (QED) is 0.400. The summed E-state index contributed by atoms with van der Waals surface area (Å²) in [6.07, 6.45) is 7.91. The molecule has 1 aromatic heterocycles. The highest BCUT2D eigenvalue weighted by atomic mass is 35.5. The van der Waals surface area contributed by atoms with Crippen LogP contribution < -0.4 is 0 Å². The van der Waals surface area contributed by atoms with E-state index < -0.39 is 0 Å². The lowest BCUT2D eigenvalue weighted by atomic mass is 10.1. The number of hydrogen-bond donors (Lipinski definition) is 0.